The Bertz CT molecular complexity index is 162. The van der Waals surface area contributed by atoms with E-state index in [2.05, 4.69) is 0 Å². The standard InChI is InChI=1S/C9H14O/c10-9(4-5-9)8-6-2-1-3-7(6)8/h6-8,10H,1-5H2. The molecule has 3 aliphatic carbocycles. The fourth-order valence-electron chi connectivity index (χ4n) is 3.08. The fourth-order valence-corrected chi connectivity index (χ4v) is 3.08. The highest BCUT2D eigenvalue weighted by Gasteiger charge is 2.65. The van der Waals surface area contributed by atoms with E-state index in [1.807, 2.05) is 0 Å². The first-order valence-electron chi connectivity index (χ1n) is 4.54. The zero-order valence-electron chi connectivity index (χ0n) is 6.21. The third-order valence-electron chi connectivity index (χ3n) is 3.79. The third kappa shape index (κ3) is 0.531. The minimum absolute atomic E-state index is 0.143. The molecule has 0 heterocycles. The van der Waals surface area contributed by atoms with Crippen LogP contribution >= 0.6 is 0 Å². The van der Waals surface area contributed by atoms with Gasteiger partial charge in [-0.2, -0.15) is 0 Å². The third-order valence-corrected chi connectivity index (χ3v) is 3.79. The molecule has 0 aromatic heterocycles. The van der Waals surface area contributed by atoms with Crippen LogP contribution < -0.4 is 0 Å². The van der Waals surface area contributed by atoms with Crippen LogP contribution in [-0.4, -0.2) is 10.7 Å². The first kappa shape index (κ1) is 5.59. The molecule has 3 fully saturated rings. The topological polar surface area (TPSA) is 20.2 Å². The molecule has 3 saturated carbocycles. The minimum Gasteiger partial charge on any atom is -0.390 e. The highest BCUT2D eigenvalue weighted by Crippen LogP contribution is 2.67. The minimum atomic E-state index is -0.143. The lowest BCUT2D eigenvalue weighted by Crippen LogP contribution is -2.13. The summed E-state index contributed by atoms with van der Waals surface area (Å²) in [7, 11) is 0. The summed E-state index contributed by atoms with van der Waals surface area (Å²) in [5.41, 5.74) is -0.143. The van der Waals surface area contributed by atoms with E-state index >= 15 is 0 Å². The molecule has 3 rings (SSSR count). The Morgan fingerprint density at radius 3 is 2.20 bits per heavy atom. The molecule has 1 N–H and O–H groups in total. The summed E-state index contributed by atoms with van der Waals surface area (Å²) in [6.07, 6.45) is 6.46. The van der Waals surface area contributed by atoms with Crippen LogP contribution in [0.4, 0.5) is 0 Å². The summed E-state index contributed by atoms with van der Waals surface area (Å²) in [6.45, 7) is 0. The van der Waals surface area contributed by atoms with Crippen molar-refractivity contribution in [3.63, 3.8) is 0 Å². The Morgan fingerprint density at radius 2 is 1.70 bits per heavy atom. The fraction of sp³-hybridized carbons (Fsp3) is 1.00. The average Bonchev–Trinajstić information content (AvgIpc) is 2.76. The van der Waals surface area contributed by atoms with Crippen molar-refractivity contribution in [2.75, 3.05) is 0 Å². The summed E-state index contributed by atoms with van der Waals surface area (Å²) in [4.78, 5) is 0. The predicted octanol–water partition coefficient (Wildman–Crippen LogP) is 1.56. The maximum Gasteiger partial charge on any atom is 0.0683 e. The van der Waals surface area contributed by atoms with Crippen LogP contribution in [0.1, 0.15) is 32.1 Å². The van der Waals surface area contributed by atoms with Crippen LogP contribution in [0, 0.1) is 17.8 Å². The maximum absolute atomic E-state index is 9.77. The normalized spacial score (nSPS) is 54.3. The van der Waals surface area contributed by atoms with Crippen LogP contribution in [-0.2, 0) is 0 Å². The van der Waals surface area contributed by atoms with Crippen LogP contribution in [0.3, 0.4) is 0 Å². The van der Waals surface area contributed by atoms with Gasteiger partial charge in [0.25, 0.3) is 0 Å². The highest BCUT2D eigenvalue weighted by molar-refractivity contribution is 5.15. The Kier molecular flexibility index (Phi) is 0.797. The van der Waals surface area contributed by atoms with Gasteiger partial charge in [0.1, 0.15) is 0 Å². The van der Waals surface area contributed by atoms with Crippen molar-refractivity contribution in [1.82, 2.24) is 0 Å². The van der Waals surface area contributed by atoms with E-state index < -0.39 is 0 Å². The van der Waals surface area contributed by atoms with Gasteiger partial charge in [-0.15, -0.1) is 0 Å². The van der Waals surface area contributed by atoms with Crippen LogP contribution in [0.15, 0.2) is 0 Å². The van der Waals surface area contributed by atoms with Gasteiger partial charge in [0.2, 0.25) is 0 Å². The molecule has 3 aliphatic rings. The Morgan fingerprint density at radius 1 is 1.10 bits per heavy atom. The molecule has 0 bridgehead atoms. The van der Waals surface area contributed by atoms with Crippen molar-refractivity contribution >= 4 is 0 Å². The molecule has 2 atom stereocenters. The number of rotatable bonds is 1. The summed E-state index contributed by atoms with van der Waals surface area (Å²) in [5.74, 6) is 2.65. The zero-order chi connectivity index (χ0) is 6.77. The molecule has 2 unspecified atom stereocenters. The van der Waals surface area contributed by atoms with Crippen molar-refractivity contribution in [2.45, 2.75) is 37.7 Å². The van der Waals surface area contributed by atoms with Crippen molar-refractivity contribution < 1.29 is 5.11 Å². The molecular weight excluding hydrogens is 124 g/mol. The SMILES string of the molecule is OC1(C2C3CCCC32)CC1. The summed E-state index contributed by atoms with van der Waals surface area (Å²) in [5, 5.41) is 9.77. The number of aliphatic hydroxyl groups is 1. The molecule has 0 radical (unpaired) electrons. The Labute approximate surface area is 61.4 Å². The lowest BCUT2D eigenvalue weighted by molar-refractivity contribution is 0.110. The molecule has 0 aromatic rings. The smallest absolute Gasteiger partial charge is 0.0683 e. The monoisotopic (exact) mass is 138 g/mol. The van der Waals surface area contributed by atoms with E-state index in [1.165, 1.54) is 19.3 Å². The van der Waals surface area contributed by atoms with Gasteiger partial charge in [-0.25, -0.2) is 0 Å². The van der Waals surface area contributed by atoms with E-state index in [0.717, 1.165) is 30.6 Å². The lowest BCUT2D eigenvalue weighted by atomic mass is 10.1. The van der Waals surface area contributed by atoms with Gasteiger partial charge < -0.3 is 5.11 Å². The van der Waals surface area contributed by atoms with Gasteiger partial charge in [-0.3, -0.25) is 0 Å². The van der Waals surface area contributed by atoms with Gasteiger partial charge >= 0.3 is 0 Å². The van der Waals surface area contributed by atoms with Crippen molar-refractivity contribution in [3.05, 3.63) is 0 Å². The van der Waals surface area contributed by atoms with Crippen LogP contribution in [0.5, 0.6) is 0 Å². The van der Waals surface area contributed by atoms with Crippen LogP contribution in [0.25, 0.3) is 0 Å². The molecule has 10 heavy (non-hydrogen) atoms. The molecule has 56 valence electrons. The molecule has 0 spiro atoms. The average molecular weight is 138 g/mol. The molecule has 1 heteroatoms. The molecular formula is C9H14O. The Balaban J connectivity index is 1.77. The number of hydrogen-bond donors (Lipinski definition) is 1. The second kappa shape index (κ2) is 1.42. The largest absolute Gasteiger partial charge is 0.390 e. The molecule has 1 nitrogen and oxygen atoms in total. The molecule has 0 aromatic carbocycles. The highest BCUT2D eigenvalue weighted by atomic mass is 16.3. The van der Waals surface area contributed by atoms with Gasteiger partial charge in [-0.1, -0.05) is 6.42 Å². The Hall–Kier alpha value is -0.0400. The van der Waals surface area contributed by atoms with Gasteiger partial charge in [-0.05, 0) is 43.4 Å². The van der Waals surface area contributed by atoms with Gasteiger partial charge in [0, 0.05) is 0 Å². The van der Waals surface area contributed by atoms with Crippen molar-refractivity contribution in [2.24, 2.45) is 17.8 Å². The quantitative estimate of drug-likeness (QED) is 0.583. The maximum atomic E-state index is 9.77. The second-order valence-corrected chi connectivity index (χ2v) is 4.39. The summed E-state index contributed by atoms with van der Waals surface area (Å²) in [6, 6.07) is 0. The van der Waals surface area contributed by atoms with Gasteiger partial charge in [0.15, 0.2) is 0 Å². The first-order chi connectivity index (χ1) is 4.81. The molecule has 0 saturated heterocycles. The summed E-state index contributed by atoms with van der Waals surface area (Å²) >= 11 is 0. The number of hydrogen-bond acceptors (Lipinski definition) is 1. The van der Waals surface area contributed by atoms with Crippen molar-refractivity contribution in [1.29, 1.82) is 0 Å². The second-order valence-electron chi connectivity index (χ2n) is 4.39. The molecule has 0 aliphatic heterocycles. The number of fused-ring (bicyclic) bond motifs is 1. The predicted molar refractivity (Wildman–Crippen MR) is 38.5 cm³/mol. The first-order valence-corrected chi connectivity index (χ1v) is 4.54. The van der Waals surface area contributed by atoms with Crippen molar-refractivity contribution in [3.8, 4) is 0 Å². The molecule has 0 amide bonds. The van der Waals surface area contributed by atoms with E-state index in [0.29, 0.717) is 0 Å². The van der Waals surface area contributed by atoms with E-state index in [9.17, 15) is 5.11 Å². The van der Waals surface area contributed by atoms with Gasteiger partial charge in [0.05, 0.1) is 5.60 Å². The van der Waals surface area contributed by atoms with Crippen LogP contribution in [0.2, 0.25) is 0 Å². The zero-order valence-corrected chi connectivity index (χ0v) is 6.21. The van der Waals surface area contributed by atoms with E-state index in [-0.39, 0.29) is 5.60 Å². The summed E-state index contributed by atoms with van der Waals surface area (Å²) < 4.78 is 0. The lowest BCUT2D eigenvalue weighted by Gasteiger charge is -2.08. The van der Waals surface area contributed by atoms with E-state index in [1.54, 1.807) is 0 Å². The van der Waals surface area contributed by atoms with E-state index in [4.69, 9.17) is 0 Å².